The summed E-state index contributed by atoms with van der Waals surface area (Å²) in [5.74, 6) is 0.166. The van der Waals surface area contributed by atoms with E-state index in [1.807, 2.05) is 12.3 Å². The van der Waals surface area contributed by atoms with Crippen molar-refractivity contribution >= 4 is 20.7 Å². The molecule has 7 heteroatoms. The van der Waals surface area contributed by atoms with Crippen LogP contribution in [0.2, 0.25) is 0 Å². The van der Waals surface area contributed by atoms with Crippen molar-refractivity contribution in [1.29, 1.82) is 0 Å². The predicted octanol–water partition coefficient (Wildman–Crippen LogP) is 2.09. The van der Waals surface area contributed by atoms with E-state index in [0.717, 1.165) is 17.4 Å². The number of benzene rings is 1. The van der Waals surface area contributed by atoms with E-state index < -0.39 is 15.4 Å². The highest BCUT2D eigenvalue weighted by atomic mass is 32.2. The molecule has 0 radical (unpaired) electrons. The van der Waals surface area contributed by atoms with Crippen molar-refractivity contribution in [1.82, 2.24) is 9.88 Å². The molecule has 0 amide bonds. The van der Waals surface area contributed by atoms with Crippen LogP contribution in [0.25, 0.3) is 10.9 Å². The highest BCUT2D eigenvalue weighted by Gasteiger charge is 2.41. The van der Waals surface area contributed by atoms with E-state index in [-0.39, 0.29) is 17.3 Å². The van der Waals surface area contributed by atoms with Gasteiger partial charge in [0.1, 0.15) is 5.82 Å². The molecule has 2 fully saturated rings. The Morgan fingerprint density at radius 2 is 2.04 bits per heavy atom. The summed E-state index contributed by atoms with van der Waals surface area (Å²) in [6, 6.07) is 5.15. The highest BCUT2D eigenvalue weighted by Crippen LogP contribution is 2.32. The van der Waals surface area contributed by atoms with Gasteiger partial charge in [0, 0.05) is 42.3 Å². The second-order valence-corrected chi connectivity index (χ2v) is 9.16. The average molecular weight is 352 g/mol. The second-order valence-electron chi connectivity index (χ2n) is 6.86. The van der Waals surface area contributed by atoms with Crippen molar-refractivity contribution in [3.63, 3.8) is 0 Å². The van der Waals surface area contributed by atoms with Crippen LogP contribution in [0.4, 0.5) is 4.39 Å². The van der Waals surface area contributed by atoms with Crippen molar-refractivity contribution in [3.05, 3.63) is 35.8 Å². The number of morpholine rings is 1. The third-order valence-electron chi connectivity index (χ3n) is 5.24. The Bertz CT molecular complexity index is 848. The van der Waals surface area contributed by atoms with Crippen LogP contribution in [0.5, 0.6) is 0 Å². The number of halogens is 1. The largest absolute Gasteiger partial charge is 0.372 e. The van der Waals surface area contributed by atoms with Crippen molar-refractivity contribution < 1.29 is 17.5 Å². The first-order valence-electron chi connectivity index (χ1n) is 8.28. The average Bonchev–Trinajstić information content (AvgIpc) is 3.03. The van der Waals surface area contributed by atoms with Crippen LogP contribution < -0.4 is 0 Å². The van der Waals surface area contributed by atoms with E-state index in [0.29, 0.717) is 38.1 Å². The van der Waals surface area contributed by atoms with E-state index in [4.69, 9.17) is 4.74 Å². The van der Waals surface area contributed by atoms with Gasteiger partial charge in [-0.15, -0.1) is 0 Å². The Balaban J connectivity index is 1.55. The molecular formula is C17H21FN2O3S. The number of fused-ring (bicyclic) bond motifs is 1. The number of aromatic amines is 1. The van der Waals surface area contributed by atoms with Gasteiger partial charge in [-0.1, -0.05) is 0 Å². The summed E-state index contributed by atoms with van der Waals surface area (Å²) in [6.07, 6.45) is 2.88. The molecule has 2 aliphatic rings. The molecule has 2 aromatic rings. The van der Waals surface area contributed by atoms with Gasteiger partial charge < -0.3 is 9.72 Å². The number of aromatic nitrogens is 1. The Labute approximate surface area is 140 Å². The molecule has 24 heavy (non-hydrogen) atoms. The molecule has 0 atom stereocenters. The van der Waals surface area contributed by atoms with Crippen LogP contribution in [-0.4, -0.2) is 55.1 Å². The van der Waals surface area contributed by atoms with Crippen LogP contribution in [0, 0.1) is 5.82 Å². The molecule has 0 unspecified atom stereocenters. The molecule has 4 rings (SSSR count). The maximum Gasteiger partial charge on any atom is 0.150 e. The number of hydrogen-bond donors (Lipinski definition) is 1. The number of ether oxygens (including phenoxy) is 1. The van der Waals surface area contributed by atoms with E-state index in [1.54, 1.807) is 6.07 Å². The fourth-order valence-corrected chi connectivity index (χ4v) is 5.39. The smallest absolute Gasteiger partial charge is 0.150 e. The molecular weight excluding hydrogens is 331 g/mol. The molecule has 1 aromatic carbocycles. The SMILES string of the molecule is O=S1(=O)CCC2(CC1)CN(Cc1c(F)ccc3[nH]ccc13)CCO2. The molecule has 2 saturated heterocycles. The molecule has 1 aromatic heterocycles. The summed E-state index contributed by atoms with van der Waals surface area (Å²) >= 11 is 0. The fraction of sp³-hybridized carbons (Fsp3) is 0.529. The summed E-state index contributed by atoms with van der Waals surface area (Å²) in [7, 11) is -2.93. The first-order chi connectivity index (χ1) is 11.5. The van der Waals surface area contributed by atoms with Crippen molar-refractivity contribution in [3.8, 4) is 0 Å². The van der Waals surface area contributed by atoms with Gasteiger partial charge in [-0.3, -0.25) is 4.90 Å². The van der Waals surface area contributed by atoms with Gasteiger partial charge in [-0.05, 0) is 31.0 Å². The number of hydrogen-bond acceptors (Lipinski definition) is 4. The maximum absolute atomic E-state index is 14.3. The van der Waals surface area contributed by atoms with Gasteiger partial charge in [0.15, 0.2) is 9.84 Å². The highest BCUT2D eigenvalue weighted by molar-refractivity contribution is 7.91. The van der Waals surface area contributed by atoms with Crippen molar-refractivity contribution in [2.75, 3.05) is 31.2 Å². The van der Waals surface area contributed by atoms with Gasteiger partial charge in [-0.25, -0.2) is 12.8 Å². The minimum absolute atomic E-state index is 0.183. The van der Waals surface area contributed by atoms with E-state index >= 15 is 0 Å². The Hall–Kier alpha value is -1.44. The number of nitrogens with one attached hydrogen (secondary N) is 1. The zero-order valence-electron chi connectivity index (χ0n) is 13.4. The summed E-state index contributed by atoms with van der Waals surface area (Å²) < 4.78 is 43.7. The second kappa shape index (κ2) is 5.82. The quantitative estimate of drug-likeness (QED) is 0.899. The number of sulfone groups is 1. The van der Waals surface area contributed by atoms with Crippen LogP contribution in [0.15, 0.2) is 24.4 Å². The zero-order valence-corrected chi connectivity index (χ0v) is 14.2. The summed E-state index contributed by atoms with van der Waals surface area (Å²) in [5.41, 5.74) is 1.22. The fourth-order valence-electron chi connectivity index (χ4n) is 3.82. The van der Waals surface area contributed by atoms with Gasteiger partial charge in [0.2, 0.25) is 0 Å². The Morgan fingerprint density at radius 3 is 2.83 bits per heavy atom. The molecule has 1 N–H and O–H groups in total. The molecule has 5 nitrogen and oxygen atoms in total. The lowest BCUT2D eigenvalue weighted by molar-refractivity contribution is -0.116. The van der Waals surface area contributed by atoms with Gasteiger partial charge in [-0.2, -0.15) is 0 Å². The number of H-pyrrole nitrogens is 1. The first-order valence-corrected chi connectivity index (χ1v) is 10.1. The molecule has 2 aliphatic heterocycles. The standard InChI is InChI=1S/C17H21FN2O3S/c18-15-1-2-16-13(3-6-19-16)14(15)11-20-7-8-23-17(12-20)4-9-24(21,22)10-5-17/h1-3,6,19H,4-5,7-12H2. The normalized spacial score (nSPS) is 23.7. The Kier molecular flexibility index (Phi) is 3.89. The molecule has 0 aliphatic carbocycles. The molecule has 0 saturated carbocycles. The van der Waals surface area contributed by atoms with Crippen LogP contribution in [-0.2, 0) is 21.1 Å². The van der Waals surface area contributed by atoms with Crippen LogP contribution in [0.3, 0.4) is 0 Å². The summed E-state index contributed by atoms with van der Waals surface area (Å²) in [4.78, 5) is 5.30. The number of nitrogens with zero attached hydrogens (tertiary/aromatic N) is 1. The molecule has 0 bridgehead atoms. The molecule has 130 valence electrons. The third-order valence-corrected chi connectivity index (χ3v) is 6.89. The maximum atomic E-state index is 14.3. The van der Waals surface area contributed by atoms with Gasteiger partial charge >= 0.3 is 0 Å². The monoisotopic (exact) mass is 352 g/mol. The lowest BCUT2D eigenvalue weighted by Crippen LogP contribution is -2.54. The Morgan fingerprint density at radius 1 is 1.25 bits per heavy atom. The minimum Gasteiger partial charge on any atom is -0.372 e. The predicted molar refractivity (Wildman–Crippen MR) is 90.1 cm³/mol. The van der Waals surface area contributed by atoms with E-state index in [1.165, 1.54) is 6.07 Å². The summed E-state index contributed by atoms with van der Waals surface area (Å²) in [6.45, 7) is 2.46. The van der Waals surface area contributed by atoms with Crippen molar-refractivity contribution in [2.45, 2.75) is 25.0 Å². The van der Waals surface area contributed by atoms with E-state index in [2.05, 4.69) is 9.88 Å². The van der Waals surface area contributed by atoms with Crippen LogP contribution >= 0.6 is 0 Å². The summed E-state index contributed by atoms with van der Waals surface area (Å²) in [5, 5.41) is 0.904. The van der Waals surface area contributed by atoms with Gasteiger partial charge in [0.25, 0.3) is 0 Å². The molecule has 1 spiro atoms. The minimum atomic E-state index is -2.93. The van der Waals surface area contributed by atoms with Gasteiger partial charge in [0.05, 0.1) is 23.7 Å². The molecule has 3 heterocycles. The van der Waals surface area contributed by atoms with Crippen molar-refractivity contribution in [2.24, 2.45) is 0 Å². The first kappa shape index (κ1) is 16.1. The lowest BCUT2D eigenvalue weighted by Gasteiger charge is -2.44. The lowest BCUT2D eigenvalue weighted by atomic mass is 9.94. The van der Waals surface area contributed by atoms with Crippen LogP contribution in [0.1, 0.15) is 18.4 Å². The van der Waals surface area contributed by atoms with E-state index in [9.17, 15) is 12.8 Å². The topological polar surface area (TPSA) is 62.4 Å². The number of rotatable bonds is 2. The third kappa shape index (κ3) is 2.96. The zero-order chi connectivity index (χ0) is 16.8.